The number of hydrogen-bond donors (Lipinski definition) is 2. The molecule has 0 aromatic carbocycles. The van der Waals surface area contributed by atoms with Crippen LogP contribution in [0.5, 0.6) is 0 Å². The average molecular weight is 248 g/mol. The van der Waals surface area contributed by atoms with E-state index in [1.165, 1.54) is 24.9 Å². The first kappa shape index (κ1) is 13.3. The number of aromatic nitrogens is 2. The molecule has 0 bridgehead atoms. The van der Waals surface area contributed by atoms with Crippen molar-refractivity contribution in [3.63, 3.8) is 0 Å². The number of rotatable bonds is 4. The van der Waals surface area contributed by atoms with Crippen molar-refractivity contribution in [1.82, 2.24) is 15.3 Å². The molecular weight excluding hydrogens is 224 g/mol. The molecule has 0 spiro atoms. The van der Waals surface area contributed by atoms with Gasteiger partial charge in [0, 0.05) is 18.9 Å². The first-order valence-electron chi connectivity index (χ1n) is 6.83. The van der Waals surface area contributed by atoms with E-state index in [-0.39, 0.29) is 5.41 Å². The molecule has 4 nitrogen and oxygen atoms in total. The van der Waals surface area contributed by atoms with Crippen molar-refractivity contribution >= 4 is 5.95 Å². The Kier molecular flexibility index (Phi) is 4.17. The van der Waals surface area contributed by atoms with Crippen LogP contribution in [0.4, 0.5) is 5.95 Å². The normalized spacial score (nSPS) is 20.1. The number of nitrogens with zero attached hydrogens (tertiary/aromatic N) is 2. The van der Waals surface area contributed by atoms with Crippen molar-refractivity contribution < 1.29 is 0 Å². The fourth-order valence-corrected chi connectivity index (χ4v) is 2.16. The summed E-state index contributed by atoms with van der Waals surface area (Å²) in [7, 11) is 0. The molecule has 0 aliphatic carbocycles. The second kappa shape index (κ2) is 5.65. The van der Waals surface area contributed by atoms with Crippen LogP contribution in [-0.4, -0.2) is 29.6 Å². The fraction of sp³-hybridized carbons (Fsp3) is 0.714. The summed E-state index contributed by atoms with van der Waals surface area (Å²) < 4.78 is 0. The Morgan fingerprint density at radius 2 is 2.06 bits per heavy atom. The lowest BCUT2D eigenvalue weighted by molar-refractivity contribution is 0.548. The Balaban J connectivity index is 1.79. The fourth-order valence-electron chi connectivity index (χ4n) is 2.16. The Hall–Kier alpha value is -1.16. The van der Waals surface area contributed by atoms with E-state index < -0.39 is 0 Å². The van der Waals surface area contributed by atoms with Crippen LogP contribution in [0.2, 0.25) is 0 Å². The molecule has 100 valence electrons. The highest BCUT2D eigenvalue weighted by Crippen LogP contribution is 2.20. The summed E-state index contributed by atoms with van der Waals surface area (Å²) in [6.45, 7) is 9.80. The third-order valence-electron chi connectivity index (χ3n) is 3.52. The second-order valence-electron chi connectivity index (χ2n) is 6.12. The van der Waals surface area contributed by atoms with Crippen molar-refractivity contribution in [2.75, 3.05) is 25.0 Å². The van der Waals surface area contributed by atoms with Gasteiger partial charge in [0.15, 0.2) is 0 Å². The lowest BCUT2D eigenvalue weighted by atomic mass is 9.89. The molecule has 1 fully saturated rings. The van der Waals surface area contributed by atoms with E-state index in [0.29, 0.717) is 0 Å². The Bertz CT molecular complexity index is 360. The largest absolute Gasteiger partial charge is 0.354 e. The van der Waals surface area contributed by atoms with E-state index in [4.69, 9.17) is 0 Å². The zero-order valence-electron chi connectivity index (χ0n) is 11.7. The van der Waals surface area contributed by atoms with Gasteiger partial charge in [-0.1, -0.05) is 20.8 Å². The van der Waals surface area contributed by atoms with Gasteiger partial charge in [0.25, 0.3) is 0 Å². The molecule has 2 N–H and O–H groups in total. The lowest BCUT2D eigenvalue weighted by Crippen LogP contribution is -2.15. The predicted molar refractivity (Wildman–Crippen MR) is 74.8 cm³/mol. The van der Waals surface area contributed by atoms with Crippen molar-refractivity contribution in [2.24, 2.45) is 5.92 Å². The molecular formula is C14H24N4. The quantitative estimate of drug-likeness (QED) is 0.857. The summed E-state index contributed by atoms with van der Waals surface area (Å²) in [5.74, 6) is 1.56. The summed E-state index contributed by atoms with van der Waals surface area (Å²) in [5.41, 5.74) is 1.29. The van der Waals surface area contributed by atoms with E-state index in [2.05, 4.69) is 41.4 Å². The van der Waals surface area contributed by atoms with Gasteiger partial charge in [0.2, 0.25) is 5.95 Å². The molecule has 18 heavy (non-hydrogen) atoms. The maximum atomic E-state index is 4.37. The standard InChI is InChI=1S/C14H24N4/c1-14(2,3)12-9-17-13(18-10-12)16-7-5-11-4-6-15-8-11/h9-11,15H,4-8H2,1-3H3,(H,16,17,18). The minimum atomic E-state index is 0.119. The molecule has 2 heterocycles. The van der Waals surface area contributed by atoms with Gasteiger partial charge in [-0.25, -0.2) is 9.97 Å². The average Bonchev–Trinajstić information content (AvgIpc) is 2.82. The van der Waals surface area contributed by atoms with Crippen LogP contribution in [0.1, 0.15) is 39.2 Å². The third kappa shape index (κ3) is 3.67. The number of hydrogen-bond acceptors (Lipinski definition) is 4. The molecule has 1 aromatic rings. The van der Waals surface area contributed by atoms with E-state index in [1.807, 2.05) is 12.4 Å². The van der Waals surface area contributed by atoms with Crippen LogP contribution in [0.3, 0.4) is 0 Å². The molecule has 0 radical (unpaired) electrons. The molecule has 0 saturated carbocycles. The molecule has 0 amide bonds. The molecule has 1 unspecified atom stereocenters. The van der Waals surface area contributed by atoms with Crippen molar-refractivity contribution in [2.45, 2.75) is 39.0 Å². The summed E-state index contributed by atoms with van der Waals surface area (Å²) >= 11 is 0. The summed E-state index contributed by atoms with van der Waals surface area (Å²) in [6.07, 6.45) is 6.34. The Morgan fingerprint density at radius 3 is 2.61 bits per heavy atom. The third-order valence-corrected chi connectivity index (χ3v) is 3.52. The summed E-state index contributed by atoms with van der Waals surface area (Å²) in [6, 6.07) is 0. The van der Waals surface area contributed by atoms with E-state index in [1.54, 1.807) is 0 Å². The number of nitrogens with one attached hydrogen (secondary N) is 2. The topological polar surface area (TPSA) is 49.8 Å². The van der Waals surface area contributed by atoms with Gasteiger partial charge in [0.1, 0.15) is 0 Å². The van der Waals surface area contributed by atoms with Crippen LogP contribution in [0.15, 0.2) is 12.4 Å². The van der Waals surface area contributed by atoms with Crippen LogP contribution in [0.25, 0.3) is 0 Å². The van der Waals surface area contributed by atoms with E-state index >= 15 is 0 Å². The summed E-state index contributed by atoms with van der Waals surface area (Å²) in [5, 5.41) is 6.69. The predicted octanol–water partition coefficient (Wildman–Crippen LogP) is 2.19. The molecule has 2 rings (SSSR count). The van der Waals surface area contributed by atoms with Crippen molar-refractivity contribution in [3.05, 3.63) is 18.0 Å². The van der Waals surface area contributed by atoms with Crippen LogP contribution < -0.4 is 10.6 Å². The van der Waals surface area contributed by atoms with Gasteiger partial charge in [-0.3, -0.25) is 0 Å². The molecule has 4 heteroatoms. The molecule has 1 aliphatic heterocycles. The van der Waals surface area contributed by atoms with Crippen LogP contribution in [-0.2, 0) is 5.41 Å². The zero-order chi connectivity index (χ0) is 13.0. The molecule has 1 aliphatic rings. The number of anilines is 1. The summed E-state index contributed by atoms with van der Waals surface area (Å²) in [4.78, 5) is 8.74. The highest BCUT2D eigenvalue weighted by molar-refractivity contribution is 5.27. The minimum Gasteiger partial charge on any atom is -0.354 e. The smallest absolute Gasteiger partial charge is 0.222 e. The minimum absolute atomic E-state index is 0.119. The second-order valence-corrected chi connectivity index (χ2v) is 6.12. The van der Waals surface area contributed by atoms with Gasteiger partial charge in [-0.05, 0) is 42.8 Å². The van der Waals surface area contributed by atoms with E-state index in [0.717, 1.165) is 25.0 Å². The first-order valence-corrected chi connectivity index (χ1v) is 6.83. The highest BCUT2D eigenvalue weighted by atomic mass is 15.1. The molecule has 1 atom stereocenters. The van der Waals surface area contributed by atoms with Gasteiger partial charge in [-0.2, -0.15) is 0 Å². The lowest BCUT2D eigenvalue weighted by Gasteiger charge is -2.18. The Morgan fingerprint density at radius 1 is 1.33 bits per heavy atom. The SMILES string of the molecule is CC(C)(C)c1cnc(NCCC2CCNC2)nc1. The van der Waals surface area contributed by atoms with Gasteiger partial charge in [0.05, 0.1) is 0 Å². The van der Waals surface area contributed by atoms with Gasteiger partial charge in [-0.15, -0.1) is 0 Å². The van der Waals surface area contributed by atoms with Gasteiger partial charge < -0.3 is 10.6 Å². The van der Waals surface area contributed by atoms with Crippen molar-refractivity contribution in [3.8, 4) is 0 Å². The zero-order valence-corrected chi connectivity index (χ0v) is 11.7. The van der Waals surface area contributed by atoms with Crippen LogP contribution >= 0.6 is 0 Å². The maximum Gasteiger partial charge on any atom is 0.222 e. The first-order chi connectivity index (χ1) is 8.55. The van der Waals surface area contributed by atoms with E-state index in [9.17, 15) is 0 Å². The van der Waals surface area contributed by atoms with Gasteiger partial charge >= 0.3 is 0 Å². The van der Waals surface area contributed by atoms with Crippen molar-refractivity contribution in [1.29, 1.82) is 0 Å². The molecule has 1 aromatic heterocycles. The molecule has 1 saturated heterocycles. The Labute approximate surface area is 110 Å². The highest BCUT2D eigenvalue weighted by Gasteiger charge is 2.15. The monoisotopic (exact) mass is 248 g/mol. The maximum absolute atomic E-state index is 4.37. The van der Waals surface area contributed by atoms with Crippen LogP contribution in [0, 0.1) is 5.92 Å².